The first-order valence-electron chi connectivity index (χ1n) is 5.51. The molecular weight excluding hydrogens is 254 g/mol. The summed E-state index contributed by atoms with van der Waals surface area (Å²) in [6.45, 7) is 3.68. The van der Waals surface area contributed by atoms with Crippen molar-refractivity contribution in [1.29, 1.82) is 0 Å². The van der Waals surface area contributed by atoms with E-state index in [-0.39, 0.29) is 6.04 Å². The number of hydrogen-bond acceptors (Lipinski definition) is 5. The van der Waals surface area contributed by atoms with E-state index in [9.17, 15) is 14.4 Å². The van der Waals surface area contributed by atoms with Crippen LogP contribution >= 0.6 is 11.3 Å². The monoisotopic (exact) mass is 267 g/mol. The van der Waals surface area contributed by atoms with Gasteiger partial charge in [-0.15, -0.1) is 11.3 Å². The molecule has 1 unspecified atom stereocenters. The summed E-state index contributed by atoms with van der Waals surface area (Å²) in [4.78, 5) is 37.5. The Kier molecular flexibility index (Phi) is 3.21. The second kappa shape index (κ2) is 4.53. The van der Waals surface area contributed by atoms with Crippen molar-refractivity contribution in [1.82, 2.24) is 0 Å². The van der Waals surface area contributed by atoms with Crippen LogP contribution in [0.5, 0.6) is 0 Å². The van der Waals surface area contributed by atoms with Crippen LogP contribution in [0.4, 0.5) is 5.00 Å². The molecule has 96 valence electrons. The topological polar surface area (TPSA) is 63.7 Å². The Morgan fingerprint density at radius 1 is 1.44 bits per heavy atom. The number of amides is 1. The van der Waals surface area contributed by atoms with E-state index >= 15 is 0 Å². The molecule has 0 N–H and O–H groups in total. The number of Topliss-reactive ketones (excluding diaryl/α,β-unsaturated/α-hetero) is 1. The van der Waals surface area contributed by atoms with E-state index < -0.39 is 23.6 Å². The van der Waals surface area contributed by atoms with Gasteiger partial charge in [0.15, 0.2) is 11.7 Å². The molecule has 0 radical (unpaired) electrons. The van der Waals surface area contributed by atoms with Crippen molar-refractivity contribution in [3.8, 4) is 0 Å². The lowest BCUT2D eigenvalue weighted by Crippen LogP contribution is -2.50. The number of thiophene rings is 1. The zero-order valence-corrected chi connectivity index (χ0v) is 11.1. The van der Waals surface area contributed by atoms with Crippen LogP contribution in [0, 0.1) is 5.92 Å². The zero-order chi connectivity index (χ0) is 13.4. The van der Waals surface area contributed by atoms with Gasteiger partial charge < -0.3 is 4.74 Å². The number of ether oxygens (including phenoxy) is 1. The molecule has 1 aromatic rings. The van der Waals surface area contributed by atoms with Crippen LogP contribution in [0.25, 0.3) is 0 Å². The fourth-order valence-electron chi connectivity index (χ4n) is 2.00. The number of carbonyl (C=O) groups excluding carboxylic acids is 3. The number of ketones is 1. The van der Waals surface area contributed by atoms with Crippen molar-refractivity contribution in [3.05, 3.63) is 17.0 Å². The number of methoxy groups -OCH3 is 1. The smallest absolute Gasteiger partial charge is 0.326 e. The van der Waals surface area contributed by atoms with Crippen molar-refractivity contribution >= 4 is 34.0 Å². The Hall–Kier alpha value is -1.69. The lowest BCUT2D eigenvalue weighted by molar-refractivity contribution is -0.147. The fourth-order valence-corrected chi connectivity index (χ4v) is 3.04. The first-order chi connectivity index (χ1) is 8.49. The first-order valence-corrected chi connectivity index (χ1v) is 6.39. The van der Waals surface area contributed by atoms with Crippen LogP contribution in [-0.4, -0.2) is 30.8 Å². The summed E-state index contributed by atoms with van der Waals surface area (Å²) in [7, 11) is 1.17. The summed E-state index contributed by atoms with van der Waals surface area (Å²) in [5, 5.41) is 2.35. The molecule has 1 aliphatic heterocycles. The molecule has 1 amide bonds. The maximum atomic E-state index is 12.2. The van der Waals surface area contributed by atoms with E-state index in [0.29, 0.717) is 10.6 Å². The number of carbonyl (C=O) groups is 3. The summed E-state index contributed by atoms with van der Waals surface area (Å²) in [6, 6.07) is 1.52. The normalized spacial score (nSPS) is 19.1. The molecule has 0 fully saturated rings. The maximum Gasteiger partial charge on any atom is 0.326 e. The van der Waals surface area contributed by atoms with Gasteiger partial charge in [0.05, 0.1) is 12.7 Å². The SMILES string of the molecule is COC(=O)C1C(=O)c2ccsc2N(C(C)C)C1=O. The van der Waals surface area contributed by atoms with Gasteiger partial charge in [0.2, 0.25) is 5.91 Å². The van der Waals surface area contributed by atoms with Gasteiger partial charge in [-0.3, -0.25) is 19.3 Å². The molecule has 0 spiro atoms. The standard InChI is InChI=1S/C12H13NO4S/c1-6(2)13-10(15)8(12(16)17-3)9(14)7-4-5-18-11(7)13/h4-6,8H,1-3H3. The summed E-state index contributed by atoms with van der Waals surface area (Å²) in [6.07, 6.45) is 0. The highest BCUT2D eigenvalue weighted by Gasteiger charge is 2.46. The minimum Gasteiger partial charge on any atom is -0.468 e. The van der Waals surface area contributed by atoms with Gasteiger partial charge in [-0.1, -0.05) is 0 Å². The average Bonchev–Trinajstić information content (AvgIpc) is 2.77. The van der Waals surface area contributed by atoms with E-state index in [1.165, 1.54) is 23.3 Å². The van der Waals surface area contributed by atoms with Crippen molar-refractivity contribution in [2.45, 2.75) is 19.9 Å². The molecule has 5 nitrogen and oxygen atoms in total. The minimum atomic E-state index is -1.36. The van der Waals surface area contributed by atoms with Crippen molar-refractivity contribution in [2.24, 2.45) is 5.92 Å². The number of esters is 1. The Balaban J connectivity index is 2.54. The van der Waals surface area contributed by atoms with Crippen LogP contribution < -0.4 is 4.90 Å². The molecule has 6 heteroatoms. The highest BCUT2D eigenvalue weighted by atomic mass is 32.1. The second-order valence-electron chi connectivity index (χ2n) is 4.26. The molecule has 0 aliphatic carbocycles. The van der Waals surface area contributed by atoms with Gasteiger partial charge in [-0.05, 0) is 25.3 Å². The lowest BCUT2D eigenvalue weighted by Gasteiger charge is -2.32. The van der Waals surface area contributed by atoms with Gasteiger partial charge in [0.1, 0.15) is 5.00 Å². The third-order valence-corrected chi connectivity index (χ3v) is 3.74. The zero-order valence-electron chi connectivity index (χ0n) is 10.3. The summed E-state index contributed by atoms with van der Waals surface area (Å²) in [5.41, 5.74) is 0.420. The lowest BCUT2D eigenvalue weighted by atomic mass is 9.93. The van der Waals surface area contributed by atoms with Crippen LogP contribution in [0.2, 0.25) is 0 Å². The minimum absolute atomic E-state index is 0.116. The van der Waals surface area contributed by atoms with Crippen molar-refractivity contribution < 1.29 is 19.1 Å². The van der Waals surface area contributed by atoms with Crippen LogP contribution in [0.1, 0.15) is 24.2 Å². The molecule has 18 heavy (non-hydrogen) atoms. The Labute approximate surface area is 108 Å². The molecule has 1 atom stereocenters. The van der Waals surface area contributed by atoms with Crippen molar-refractivity contribution in [3.63, 3.8) is 0 Å². The Morgan fingerprint density at radius 3 is 2.67 bits per heavy atom. The van der Waals surface area contributed by atoms with Gasteiger partial charge in [0, 0.05) is 6.04 Å². The average molecular weight is 267 g/mol. The van der Waals surface area contributed by atoms with E-state index in [1.807, 2.05) is 13.8 Å². The van der Waals surface area contributed by atoms with E-state index in [4.69, 9.17) is 0 Å². The highest BCUT2D eigenvalue weighted by molar-refractivity contribution is 7.15. The molecule has 2 heterocycles. The van der Waals surface area contributed by atoms with Gasteiger partial charge >= 0.3 is 5.97 Å². The number of anilines is 1. The highest BCUT2D eigenvalue weighted by Crippen LogP contribution is 2.37. The molecule has 2 rings (SSSR count). The molecule has 0 saturated carbocycles. The third kappa shape index (κ3) is 1.73. The fraction of sp³-hybridized carbons (Fsp3) is 0.417. The predicted octanol–water partition coefficient (Wildman–Crippen LogP) is 1.47. The number of hydrogen-bond donors (Lipinski definition) is 0. The predicted molar refractivity (Wildman–Crippen MR) is 66.8 cm³/mol. The Bertz CT molecular complexity index is 520. The number of rotatable bonds is 2. The van der Waals surface area contributed by atoms with Crippen LogP contribution in [0.3, 0.4) is 0 Å². The van der Waals surface area contributed by atoms with Gasteiger partial charge in [-0.25, -0.2) is 0 Å². The first kappa shape index (κ1) is 12.8. The Morgan fingerprint density at radius 2 is 2.11 bits per heavy atom. The largest absolute Gasteiger partial charge is 0.468 e. The molecule has 0 bridgehead atoms. The van der Waals surface area contributed by atoms with E-state index in [2.05, 4.69) is 4.74 Å². The van der Waals surface area contributed by atoms with Gasteiger partial charge in [0.25, 0.3) is 0 Å². The molecular formula is C12H13NO4S. The van der Waals surface area contributed by atoms with Gasteiger partial charge in [-0.2, -0.15) is 0 Å². The van der Waals surface area contributed by atoms with Crippen LogP contribution in [-0.2, 0) is 14.3 Å². The number of fused-ring (bicyclic) bond motifs is 1. The van der Waals surface area contributed by atoms with E-state index in [1.54, 1.807) is 11.4 Å². The summed E-state index contributed by atoms with van der Waals surface area (Å²) < 4.78 is 4.55. The van der Waals surface area contributed by atoms with Crippen molar-refractivity contribution in [2.75, 3.05) is 12.0 Å². The number of nitrogens with zero attached hydrogens (tertiary/aromatic N) is 1. The molecule has 0 saturated heterocycles. The van der Waals surface area contributed by atoms with E-state index in [0.717, 1.165) is 0 Å². The quantitative estimate of drug-likeness (QED) is 0.601. The molecule has 0 aromatic carbocycles. The summed E-state index contributed by atoms with van der Waals surface area (Å²) >= 11 is 1.32. The summed E-state index contributed by atoms with van der Waals surface area (Å²) in [5.74, 6) is -3.14. The molecule has 1 aromatic heterocycles. The maximum absolute atomic E-state index is 12.2. The van der Waals surface area contributed by atoms with Crippen LogP contribution in [0.15, 0.2) is 11.4 Å². The third-order valence-electron chi connectivity index (χ3n) is 2.83. The second-order valence-corrected chi connectivity index (χ2v) is 5.16. The molecule has 1 aliphatic rings.